The second-order valence-corrected chi connectivity index (χ2v) is 6.58. The van der Waals surface area contributed by atoms with Crippen LogP contribution >= 0.6 is 0 Å². The molecule has 0 aliphatic carbocycles. The topological polar surface area (TPSA) is 100 Å². The van der Waals surface area contributed by atoms with Gasteiger partial charge >= 0.3 is 0 Å². The zero-order valence-corrected chi connectivity index (χ0v) is 12.4. The lowest BCUT2D eigenvalue weighted by atomic mass is 10.1. The lowest BCUT2D eigenvalue weighted by Crippen LogP contribution is -2.32. The zero-order valence-electron chi connectivity index (χ0n) is 11.5. The molecule has 1 aliphatic rings. The average molecular weight is 299 g/mol. The van der Waals surface area contributed by atoms with Crippen LogP contribution in [0.15, 0.2) is 23.4 Å². The van der Waals surface area contributed by atoms with Crippen molar-refractivity contribution in [3.63, 3.8) is 0 Å². The van der Waals surface area contributed by atoms with Crippen LogP contribution in [0.25, 0.3) is 0 Å². The highest BCUT2D eigenvalue weighted by Gasteiger charge is 2.25. The Hall–Kier alpha value is -1.22. The molecule has 0 amide bonds. The van der Waals surface area contributed by atoms with Gasteiger partial charge in [0.15, 0.2) is 5.03 Å². The highest BCUT2D eigenvalue weighted by molar-refractivity contribution is 7.89. The number of hydrogen-bond acceptors (Lipinski definition) is 6. The molecule has 4 N–H and O–H groups in total. The van der Waals surface area contributed by atoms with Crippen LogP contribution in [0.5, 0.6) is 0 Å². The number of anilines is 1. The van der Waals surface area contributed by atoms with E-state index >= 15 is 0 Å². The van der Waals surface area contributed by atoms with E-state index in [2.05, 4.69) is 27.0 Å². The van der Waals surface area contributed by atoms with E-state index in [1.807, 2.05) is 0 Å². The third-order valence-corrected chi connectivity index (χ3v) is 4.94. The van der Waals surface area contributed by atoms with Crippen molar-refractivity contribution < 1.29 is 8.42 Å². The Morgan fingerprint density at radius 2 is 2.35 bits per heavy atom. The highest BCUT2D eigenvalue weighted by Crippen LogP contribution is 2.18. The molecule has 2 heterocycles. The minimum absolute atomic E-state index is 0.0622. The number of pyridine rings is 1. The Kier molecular flexibility index (Phi) is 4.92. The van der Waals surface area contributed by atoms with E-state index in [1.54, 1.807) is 12.1 Å². The molecule has 0 saturated carbocycles. The number of nitrogens with zero attached hydrogens (tertiary/aromatic N) is 2. The molecular weight excluding hydrogens is 278 g/mol. The highest BCUT2D eigenvalue weighted by atomic mass is 32.2. The minimum Gasteiger partial charge on any atom is -0.321 e. The van der Waals surface area contributed by atoms with Gasteiger partial charge in [0, 0.05) is 19.3 Å². The van der Waals surface area contributed by atoms with Gasteiger partial charge in [0.1, 0.15) is 0 Å². The molecule has 7 nitrogen and oxygen atoms in total. The van der Waals surface area contributed by atoms with E-state index in [9.17, 15) is 8.42 Å². The summed E-state index contributed by atoms with van der Waals surface area (Å²) in [5.41, 5.74) is 2.65. The normalized spacial score (nSPS) is 20.2. The summed E-state index contributed by atoms with van der Waals surface area (Å²) >= 11 is 0. The maximum absolute atomic E-state index is 12.2. The Labute approximate surface area is 119 Å². The molecule has 0 spiro atoms. The van der Waals surface area contributed by atoms with Gasteiger partial charge < -0.3 is 10.3 Å². The van der Waals surface area contributed by atoms with Crippen LogP contribution in [0.2, 0.25) is 0 Å². The first-order chi connectivity index (χ1) is 9.56. The molecule has 20 heavy (non-hydrogen) atoms. The summed E-state index contributed by atoms with van der Waals surface area (Å²) < 4.78 is 27.1. The van der Waals surface area contributed by atoms with E-state index in [0.29, 0.717) is 18.2 Å². The second kappa shape index (κ2) is 6.49. The van der Waals surface area contributed by atoms with Gasteiger partial charge in [-0.1, -0.05) is 6.92 Å². The Bertz CT molecular complexity index is 549. The third-order valence-electron chi connectivity index (χ3n) is 3.56. The summed E-state index contributed by atoms with van der Waals surface area (Å²) in [6.07, 6.45) is 2.45. The third kappa shape index (κ3) is 3.45. The lowest BCUT2D eigenvalue weighted by Gasteiger charge is -2.14. The predicted molar refractivity (Wildman–Crippen MR) is 77.5 cm³/mol. The molecule has 1 atom stereocenters. The second-order valence-electron chi connectivity index (χ2n) is 4.90. The van der Waals surface area contributed by atoms with Gasteiger partial charge in [-0.15, -0.1) is 0 Å². The van der Waals surface area contributed by atoms with Gasteiger partial charge in [0.25, 0.3) is 10.0 Å². The fraction of sp³-hybridized carbons (Fsp3) is 0.583. The first kappa shape index (κ1) is 15.2. The first-order valence-corrected chi connectivity index (χ1v) is 8.18. The zero-order chi connectivity index (χ0) is 14.6. The van der Waals surface area contributed by atoms with Crippen LogP contribution < -0.4 is 16.0 Å². The van der Waals surface area contributed by atoms with Crippen molar-refractivity contribution in [2.24, 2.45) is 11.8 Å². The van der Waals surface area contributed by atoms with E-state index in [-0.39, 0.29) is 5.03 Å². The molecule has 1 aliphatic heterocycles. The summed E-state index contributed by atoms with van der Waals surface area (Å²) in [5, 5.41) is -0.0622. The van der Waals surface area contributed by atoms with Crippen molar-refractivity contribution in [1.82, 2.24) is 14.6 Å². The van der Waals surface area contributed by atoms with E-state index < -0.39 is 10.0 Å². The van der Waals surface area contributed by atoms with Gasteiger partial charge in [0.05, 0.1) is 5.69 Å². The van der Waals surface area contributed by atoms with Crippen molar-refractivity contribution in [2.45, 2.75) is 18.4 Å². The first-order valence-electron chi connectivity index (χ1n) is 6.70. The van der Waals surface area contributed by atoms with Gasteiger partial charge in [-0.05, 0) is 37.6 Å². The molecule has 0 aromatic carbocycles. The molecule has 0 bridgehead atoms. The van der Waals surface area contributed by atoms with Crippen LogP contribution in [0, 0.1) is 5.92 Å². The number of rotatable bonds is 6. The number of hydrazine groups is 1. The van der Waals surface area contributed by atoms with Gasteiger partial charge in [-0.3, -0.25) is 5.84 Å². The van der Waals surface area contributed by atoms with Crippen molar-refractivity contribution in [3.8, 4) is 0 Å². The molecule has 0 radical (unpaired) electrons. The minimum atomic E-state index is -3.64. The quantitative estimate of drug-likeness (QED) is 0.504. The number of aromatic nitrogens is 1. The van der Waals surface area contributed by atoms with Crippen LogP contribution in [0.3, 0.4) is 0 Å². The number of nitrogens with two attached hydrogens (primary N) is 1. The van der Waals surface area contributed by atoms with E-state index in [4.69, 9.17) is 5.84 Å². The van der Waals surface area contributed by atoms with Gasteiger partial charge in [-0.25, -0.2) is 18.1 Å². The molecule has 1 aromatic rings. The summed E-state index contributed by atoms with van der Waals surface area (Å²) in [6, 6.07) is 3.21. The lowest BCUT2D eigenvalue weighted by molar-refractivity contribution is 0.342. The summed E-state index contributed by atoms with van der Waals surface area (Å²) in [6.45, 7) is 5.51. The molecular formula is C12H21N5O2S. The number of nitrogens with one attached hydrogen (secondary N) is 2. The number of likely N-dealkylation sites (tertiary alicyclic amines) is 1. The van der Waals surface area contributed by atoms with Gasteiger partial charge in [-0.2, -0.15) is 0 Å². The molecule has 1 saturated heterocycles. The van der Waals surface area contributed by atoms with Crippen molar-refractivity contribution in [3.05, 3.63) is 18.3 Å². The molecule has 2 rings (SSSR count). The summed E-state index contributed by atoms with van der Waals surface area (Å²) in [4.78, 5) is 6.21. The molecule has 1 aromatic heterocycles. The van der Waals surface area contributed by atoms with Crippen LogP contribution in [0.1, 0.15) is 13.3 Å². The Morgan fingerprint density at radius 1 is 1.55 bits per heavy atom. The van der Waals surface area contributed by atoms with Crippen LogP contribution in [0.4, 0.5) is 5.69 Å². The maximum atomic E-state index is 12.2. The van der Waals surface area contributed by atoms with Gasteiger partial charge in [0.2, 0.25) is 0 Å². The SMILES string of the molecule is CCN1CCC(CNS(=O)(=O)c2ncccc2NN)C1. The molecule has 1 unspecified atom stereocenters. The molecule has 112 valence electrons. The molecule has 1 fully saturated rings. The van der Waals surface area contributed by atoms with E-state index in [1.165, 1.54) is 6.20 Å². The smallest absolute Gasteiger partial charge is 0.260 e. The standard InChI is InChI=1S/C12H21N5O2S/c1-2-17-7-5-10(9-17)8-15-20(18,19)12-11(16-13)4-3-6-14-12/h3-4,6,10,15-16H,2,5,7-9,13H2,1H3. The average Bonchev–Trinajstić information content (AvgIpc) is 2.93. The van der Waals surface area contributed by atoms with Crippen molar-refractivity contribution in [1.29, 1.82) is 0 Å². The fourth-order valence-corrected chi connectivity index (χ4v) is 3.59. The Balaban J connectivity index is 2.01. The van der Waals surface area contributed by atoms with E-state index in [0.717, 1.165) is 26.1 Å². The number of sulfonamides is 1. The largest absolute Gasteiger partial charge is 0.321 e. The monoisotopic (exact) mass is 299 g/mol. The predicted octanol–water partition coefficient (Wildman–Crippen LogP) is -0.0127. The maximum Gasteiger partial charge on any atom is 0.260 e. The van der Waals surface area contributed by atoms with Crippen LogP contribution in [-0.2, 0) is 10.0 Å². The van der Waals surface area contributed by atoms with Crippen LogP contribution in [-0.4, -0.2) is 44.5 Å². The fourth-order valence-electron chi connectivity index (χ4n) is 2.38. The summed E-state index contributed by atoms with van der Waals surface area (Å²) in [7, 11) is -3.64. The van der Waals surface area contributed by atoms with Crippen molar-refractivity contribution in [2.75, 3.05) is 31.6 Å². The van der Waals surface area contributed by atoms with Crippen molar-refractivity contribution >= 4 is 15.7 Å². The summed E-state index contributed by atoms with van der Waals surface area (Å²) in [5.74, 6) is 5.66. The number of hydrogen-bond donors (Lipinski definition) is 3. The number of nitrogen functional groups attached to an aromatic ring is 1. The Morgan fingerprint density at radius 3 is 3.00 bits per heavy atom. The molecule has 8 heteroatoms.